The molecular formula is C16H19BrN2O. The Bertz CT molecular complexity index is 612. The van der Waals surface area contributed by atoms with Crippen LogP contribution in [0.4, 0.5) is 0 Å². The molecule has 1 amide bonds. The zero-order valence-electron chi connectivity index (χ0n) is 11.8. The van der Waals surface area contributed by atoms with Gasteiger partial charge in [0.2, 0.25) is 0 Å². The molecule has 0 aliphatic rings. The average Bonchev–Trinajstić information content (AvgIpc) is 2.46. The highest BCUT2D eigenvalue weighted by Crippen LogP contribution is 2.20. The number of hydrogen-bond donors (Lipinski definition) is 1. The van der Waals surface area contributed by atoms with Gasteiger partial charge in [-0.2, -0.15) is 0 Å². The molecule has 0 aliphatic heterocycles. The van der Waals surface area contributed by atoms with Crippen molar-refractivity contribution in [2.75, 3.05) is 26.7 Å². The summed E-state index contributed by atoms with van der Waals surface area (Å²) in [5.41, 5.74) is 0.707. The molecule has 0 atom stereocenters. The summed E-state index contributed by atoms with van der Waals surface area (Å²) >= 11 is 3.45. The molecule has 106 valence electrons. The Balaban J connectivity index is 2.05. The van der Waals surface area contributed by atoms with Crippen molar-refractivity contribution in [3.05, 3.63) is 46.4 Å². The Hall–Kier alpha value is -1.39. The second-order valence-electron chi connectivity index (χ2n) is 4.86. The van der Waals surface area contributed by atoms with Gasteiger partial charge < -0.3 is 10.2 Å². The quantitative estimate of drug-likeness (QED) is 0.909. The van der Waals surface area contributed by atoms with Gasteiger partial charge in [0.15, 0.2) is 0 Å². The van der Waals surface area contributed by atoms with Crippen LogP contribution in [0.25, 0.3) is 10.8 Å². The van der Waals surface area contributed by atoms with Crippen LogP contribution in [0.3, 0.4) is 0 Å². The largest absolute Gasteiger partial charge is 0.351 e. The fourth-order valence-electron chi connectivity index (χ4n) is 1.98. The predicted octanol–water partition coefficient (Wildman–Crippen LogP) is 3.28. The maximum atomic E-state index is 12.1. The highest BCUT2D eigenvalue weighted by molar-refractivity contribution is 9.10. The number of benzene rings is 2. The number of amides is 1. The number of carbonyl (C=O) groups excluding carboxylic acids is 1. The first kappa shape index (κ1) is 15.0. The smallest absolute Gasteiger partial charge is 0.251 e. The molecule has 0 saturated carbocycles. The van der Waals surface area contributed by atoms with E-state index in [-0.39, 0.29) is 5.91 Å². The summed E-state index contributed by atoms with van der Waals surface area (Å²) in [4.78, 5) is 14.3. The molecule has 0 fully saturated rings. The van der Waals surface area contributed by atoms with Gasteiger partial charge in [0.1, 0.15) is 0 Å². The molecule has 2 aromatic rings. The van der Waals surface area contributed by atoms with Crippen molar-refractivity contribution in [2.24, 2.45) is 0 Å². The molecule has 0 aromatic heterocycles. The molecule has 0 bridgehead atoms. The zero-order valence-corrected chi connectivity index (χ0v) is 13.4. The Labute approximate surface area is 128 Å². The van der Waals surface area contributed by atoms with E-state index in [0.717, 1.165) is 28.3 Å². The Kier molecular flexibility index (Phi) is 5.15. The monoisotopic (exact) mass is 334 g/mol. The highest BCUT2D eigenvalue weighted by Gasteiger charge is 2.06. The Morgan fingerprint density at radius 1 is 1.20 bits per heavy atom. The van der Waals surface area contributed by atoms with Gasteiger partial charge in [-0.3, -0.25) is 4.79 Å². The van der Waals surface area contributed by atoms with Crippen LogP contribution in [0.5, 0.6) is 0 Å². The number of likely N-dealkylation sites (N-methyl/N-ethyl adjacent to an activating group) is 1. The molecule has 0 saturated heterocycles. The van der Waals surface area contributed by atoms with Gasteiger partial charge in [0.25, 0.3) is 5.91 Å². The van der Waals surface area contributed by atoms with Crippen LogP contribution in [0, 0.1) is 0 Å². The van der Waals surface area contributed by atoms with Crippen LogP contribution in [0.1, 0.15) is 17.3 Å². The maximum absolute atomic E-state index is 12.1. The summed E-state index contributed by atoms with van der Waals surface area (Å²) in [5.74, 6) is -0.0145. The predicted molar refractivity (Wildman–Crippen MR) is 87.2 cm³/mol. The van der Waals surface area contributed by atoms with Crippen molar-refractivity contribution in [3.8, 4) is 0 Å². The molecule has 3 nitrogen and oxygen atoms in total. The molecule has 20 heavy (non-hydrogen) atoms. The molecule has 0 spiro atoms. The zero-order chi connectivity index (χ0) is 14.5. The number of carbonyl (C=O) groups is 1. The van der Waals surface area contributed by atoms with Crippen LogP contribution >= 0.6 is 15.9 Å². The summed E-state index contributed by atoms with van der Waals surface area (Å²) in [6.45, 7) is 4.62. The third-order valence-corrected chi connectivity index (χ3v) is 3.88. The summed E-state index contributed by atoms with van der Waals surface area (Å²) in [7, 11) is 2.04. The maximum Gasteiger partial charge on any atom is 0.251 e. The third kappa shape index (κ3) is 3.81. The Morgan fingerprint density at radius 2 is 1.90 bits per heavy atom. The van der Waals surface area contributed by atoms with Crippen molar-refractivity contribution in [2.45, 2.75) is 6.92 Å². The van der Waals surface area contributed by atoms with Crippen molar-refractivity contribution < 1.29 is 4.79 Å². The van der Waals surface area contributed by atoms with E-state index in [2.05, 4.69) is 33.1 Å². The number of nitrogens with one attached hydrogen (secondary N) is 1. The van der Waals surface area contributed by atoms with E-state index in [1.807, 2.05) is 43.4 Å². The van der Waals surface area contributed by atoms with E-state index in [9.17, 15) is 4.79 Å². The second-order valence-corrected chi connectivity index (χ2v) is 5.77. The van der Waals surface area contributed by atoms with Crippen LogP contribution in [-0.4, -0.2) is 37.5 Å². The van der Waals surface area contributed by atoms with Gasteiger partial charge in [-0.05, 0) is 48.6 Å². The normalized spacial score (nSPS) is 11.0. The fourth-order valence-corrected chi connectivity index (χ4v) is 2.36. The minimum Gasteiger partial charge on any atom is -0.351 e. The summed E-state index contributed by atoms with van der Waals surface area (Å²) in [6, 6.07) is 11.8. The van der Waals surface area contributed by atoms with E-state index >= 15 is 0 Å². The standard InChI is InChI=1S/C16H19BrN2O/c1-3-19(2)9-8-18-16(20)14-5-4-13-11-15(17)7-6-12(13)10-14/h4-7,10-11H,3,8-9H2,1-2H3,(H,18,20). The lowest BCUT2D eigenvalue weighted by atomic mass is 10.1. The fraction of sp³-hybridized carbons (Fsp3) is 0.312. The SMILES string of the molecule is CCN(C)CCNC(=O)c1ccc2cc(Br)ccc2c1. The summed E-state index contributed by atoms with van der Waals surface area (Å²) < 4.78 is 1.05. The average molecular weight is 335 g/mol. The van der Waals surface area contributed by atoms with E-state index in [0.29, 0.717) is 12.1 Å². The lowest BCUT2D eigenvalue weighted by molar-refractivity contribution is 0.0950. The number of hydrogen-bond acceptors (Lipinski definition) is 2. The van der Waals surface area contributed by atoms with Crippen molar-refractivity contribution in [1.82, 2.24) is 10.2 Å². The van der Waals surface area contributed by atoms with Crippen LogP contribution in [-0.2, 0) is 0 Å². The first-order valence-corrected chi connectivity index (χ1v) is 7.55. The third-order valence-electron chi connectivity index (χ3n) is 3.38. The van der Waals surface area contributed by atoms with Gasteiger partial charge in [-0.15, -0.1) is 0 Å². The summed E-state index contributed by atoms with van der Waals surface area (Å²) in [6.07, 6.45) is 0. The van der Waals surface area contributed by atoms with Gasteiger partial charge in [-0.1, -0.05) is 35.0 Å². The number of nitrogens with zero attached hydrogens (tertiary/aromatic N) is 1. The van der Waals surface area contributed by atoms with Gasteiger partial charge in [0, 0.05) is 23.1 Å². The van der Waals surface area contributed by atoms with Gasteiger partial charge in [0.05, 0.1) is 0 Å². The molecule has 0 aliphatic carbocycles. The lowest BCUT2D eigenvalue weighted by Crippen LogP contribution is -2.32. The van der Waals surface area contributed by atoms with Crippen molar-refractivity contribution >= 4 is 32.6 Å². The van der Waals surface area contributed by atoms with E-state index in [1.165, 1.54) is 0 Å². The van der Waals surface area contributed by atoms with Crippen LogP contribution in [0.2, 0.25) is 0 Å². The minimum atomic E-state index is -0.0145. The molecule has 4 heteroatoms. The van der Waals surface area contributed by atoms with Crippen molar-refractivity contribution in [3.63, 3.8) is 0 Å². The first-order chi connectivity index (χ1) is 9.60. The highest BCUT2D eigenvalue weighted by atomic mass is 79.9. The second kappa shape index (κ2) is 6.86. The number of fused-ring (bicyclic) bond motifs is 1. The molecule has 0 heterocycles. The topological polar surface area (TPSA) is 32.3 Å². The van der Waals surface area contributed by atoms with Gasteiger partial charge >= 0.3 is 0 Å². The first-order valence-electron chi connectivity index (χ1n) is 6.76. The number of halogens is 1. The molecule has 2 aromatic carbocycles. The summed E-state index contributed by atoms with van der Waals surface area (Å²) in [5, 5.41) is 5.15. The van der Waals surface area contributed by atoms with Crippen molar-refractivity contribution in [1.29, 1.82) is 0 Å². The van der Waals surface area contributed by atoms with E-state index in [4.69, 9.17) is 0 Å². The lowest BCUT2D eigenvalue weighted by Gasteiger charge is -2.14. The minimum absolute atomic E-state index is 0.0145. The molecular weight excluding hydrogens is 316 g/mol. The molecule has 1 N–H and O–H groups in total. The Morgan fingerprint density at radius 3 is 2.65 bits per heavy atom. The van der Waals surface area contributed by atoms with E-state index < -0.39 is 0 Å². The molecule has 0 unspecified atom stereocenters. The number of rotatable bonds is 5. The van der Waals surface area contributed by atoms with Gasteiger partial charge in [-0.25, -0.2) is 0 Å². The molecule has 0 radical (unpaired) electrons. The van der Waals surface area contributed by atoms with E-state index in [1.54, 1.807) is 0 Å². The van der Waals surface area contributed by atoms with Crippen LogP contribution < -0.4 is 5.32 Å². The van der Waals surface area contributed by atoms with Crippen LogP contribution in [0.15, 0.2) is 40.9 Å². The molecule has 2 rings (SSSR count).